The quantitative estimate of drug-likeness (QED) is 0.417. The molecule has 0 saturated carbocycles. The predicted octanol–water partition coefficient (Wildman–Crippen LogP) is 0.598. The van der Waals surface area contributed by atoms with E-state index in [0.29, 0.717) is 12.5 Å². The van der Waals surface area contributed by atoms with E-state index in [1.807, 2.05) is 12.3 Å². The molecule has 3 rings (SSSR count). The van der Waals surface area contributed by atoms with Gasteiger partial charge in [0.15, 0.2) is 5.96 Å². The zero-order chi connectivity index (χ0) is 16.1. The summed E-state index contributed by atoms with van der Waals surface area (Å²) in [4.78, 5) is 15.9. The number of guanidine groups is 1. The van der Waals surface area contributed by atoms with Gasteiger partial charge in [0.25, 0.3) is 0 Å². The van der Waals surface area contributed by atoms with Gasteiger partial charge in [-0.3, -0.25) is 0 Å². The van der Waals surface area contributed by atoms with Crippen molar-refractivity contribution in [1.29, 1.82) is 0 Å². The molecular formula is C16H27IN6O. The molecule has 2 aliphatic heterocycles. The van der Waals surface area contributed by atoms with Gasteiger partial charge in [-0.15, -0.1) is 24.0 Å². The van der Waals surface area contributed by atoms with Crippen molar-refractivity contribution < 1.29 is 4.74 Å². The Morgan fingerprint density at radius 1 is 1.21 bits per heavy atom. The van der Waals surface area contributed by atoms with Crippen LogP contribution in [0.15, 0.2) is 23.3 Å². The molecule has 0 bridgehead atoms. The summed E-state index contributed by atoms with van der Waals surface area (Å²) in [7, 11) is 2.16. The Bertz CT molecular complexity index is 541. The van der Waals surface area contributed by atoms with E-state index in [0.717, 1.165) is 63.9 Å². The highest BCUT2D eigenvalue weighted by Crippen LogP contribution is 2.19. The van der Waals surface area contributed by atoms with Crippen LogP contribution < -0.4 is 10.6 Å². The minimum absolute atomic E-state index is 0. The number of ether oxygens (including phenoxy) is 1. The number of aromatic nitrogens is 1. The first-order valence-corrected chi connectivity index (χ1v) is 8.24. The fraction of sp³-hybridized carbons (Fsp3) is 0.625. The largest absolute Gasteiger partial charge is 0.378 e. The van der Waals surface area contributed by atoms with E-state index in [4.69, 9.17) is 10.5 Å². The number of pyridine rings is 1. The topological polar surface area (TPSA) is 70.2 Å². The molecule has 0 unspecified atom stereocenters. The van der Waals surface area contributed by atoms with Gasteiger partial charge in [-0.1, -0.05) is 6.07 Å². The average molecular weight is 446 g/mol. The molecule has 24 heavy (non-hydrogen) atoms. The summed E-state index contributed by atoms with van der Waals surface area (Å²) in [5.74, 6) is 1.64. The molecule has 0 aromatic carbocycles. The van der Waals surface area contributed by atoms with Gasteiger partial charge in [-0.05, 0) is 13.1 Å². The second-order valence-corrected chi connectivity index (χ2v) is 6.05. The SMILES string of the molecule is CN1CCN(c2ncccc2CN=C(N)N2CCOCC2)CC1.I. The summed E-state index contributed by atoms with van der Waals surface area (Å²) in [6.07, 6.45) is 1.85. The Balaban J connectivity index is 0.00000208. The summed E-state index contributed by atoms with van der Waals surface area (Å²) in [6, 6.07) is 4.06. The third-order valence-electron chi connectivity index (χ3n) is 4.42. The van der Waals surface area contributed by atoms with Crippen LogP contribution in [0.3, 0.4) is 0 Å². The lowest BCUT2D eigenvalue weighted by molar-refractivity contribution is 0.0674. The number of anilines is 1. The third kappa shape index (κ3) is 4.93. The molecule has 2 aliphatic rings. The third-order valence-corrected chi connectivity index (χ3v) is 4.42. The molecule has 2 fully saturated rings. The van der Waals surface area contributed by atoms with Crippen LogP contribution in [0.5, 0.6) is 0 Å². The Hall–Kier alpha value is -1.13. The standard InChI is InChI=1S/C16H26N6O.HI/c1-20-5-7-21(8-6-20)15-14(3-2-4-18-15)13-19-16(17)22-9-11-23-12-10-22;/h2-4H,5-13H2,1H3,(H2,17,19);1H. The fourth-order valence-corrected chi connectivity index (χ4v) is 2.92. The number of hydrogen-bond donors (Lipinski definition) is 1. The van der Waals surface area contributed by atoms with Crippen LogP contribution in [0, 0.1) is 0 Å². The molecule has 0 radical (unpaired) electrons. The molecule has 1 aromatic rings. The number of aliphatic imine (C=N–C) groups is 1. The van der Waals surface area contributed by atoms with Gasteiger partial charge >= 0.3 is 0 Å². The minimum Gasteiger partial charge on any atom is -0.378 e. The predicted molar refractivity (Wildman–Crippen MR) is 107 cm³/mol. The molecular weight excluding hydrogens is 419 g/mol. The second-order valence-electron chi connectivity index (χ2n) is 6.05. The Morgan fingerprint density at radius 2 is 1.92 bits per heavy atom. The molecule has 2 saturated heterocycles. The number of halogens is 1. The summed E-state index contributed by atoms with van der Waals surface area (Å²) in [5, 5.41) is 0. The van der Waals surface area contributed by atoms with Gasteiger partial charge in [0, 0.05) is 51.0 Å². The summed E-state index contributed by atoms with van der Waals surface area (Å²) >= 11 is 0. The van der Waals surface area contributed by atoms with Crippen LogP contribution >= 0.6 is 24.0 Å². The van der Waals surface area contributed by atoms with Crippen molar-refractivity contribution in [2.45, 2.75) is 6.54 Å². The van der Waals surface area contributed by atoms with Crippen LogP contribution in [-0.2, 0) is 11.3 Å². The van der Waals surface area contributed by atoms with Gasteiger partial charge < -0.3 is 25.2 Å². The number of likely N-dealkylation sites (N-methyl/N-ethyl adjacent to an activating group) is 1. The Morgan fingerprint density at radius 3 is 2.62 bits per heavy atom. The highest BCUT2D eigenvalue weighted by Gasteiger charge is 2.18. The van der Waals surface area contributed by atoms with Gasteiger partial charge in [-0.2, -0.15) is 0 Å². The molecule has 0 atom stereocenters. The van der Waals surface area contributed by atoms with Crippen molar-refractivity contribution in [2.24, 2.45) is 10.7 Å². The highest BCUT2D eigenvalue weighted by molar-refractivity contribution is 14.0. The van der Waals surface area contributed by atoms with E-state index in [1.165, 1.54) is 0 Å². The number of morpholine rings is 1. The molecule has 2 N–H and O–H groups in total. The van der Waals surface area contributed by atoms with E-state index in [2.05, 4.69) is 37.8 Å². The second kappa shape index (κ2) is 9.38. The van der Waals surface area contributed by atoms with Crippen LogP contribution in [0.1, 0.15) is 5.56 Å². The van der Waals surface area contributed by atoms with Crippen molar-refractivity contribution in [3.05, 3.63) is 23.9 Å². The maximum Gasteiger partial charge on any atom is 0.191 e. The van der Waals surface area contributed by atoms with E-state index in [-0.39, 0.29) is 24.0 Å². The van der Waals surface area contributed by atoms with Crippen LogP contribution in [0.4, 0.5) is 5.82 Å². The molecule has 0 aliphatic carbocycles. The normalized spacial score (nSPS) is 20.0. The Kier molecular flexibility index (Phi) is 7.50. The smallest absolute Gasteiger partial charge is 0.191 e. The van der Waals surface area contributed by atoms with Crippen LogP contribution in [-0.4, -0.2) is 80.3 Å². The first kappa shape index (κ1) is 19.2. The van der Waals surface area contributed by atoms with E-state index < -0.39 is 0 Å². The lowest BCUT2D eigenvalue weighted by Gasteiger charge is -2.34. The molecule has 7 nitrogen and oxygen atoms in total. The summed E-state index contributed by atoms with van der Waals surface area (Å²) in [5.41, 5.74) is 7.26. The van der Waals surface area contributed by atoms with Gasteiger partial charge in [0.2, 0.25) is 0 Å². The zero-order valence-electron chi connectivity index (χ0n) is 14.2. The van der Waals surface area contributed by atoms with Crippen LogP contribution in [0.2, 0.25) is 0 Å². The minimum atomic E-state index is 0. The average Bonchev–Trinajstić information content (AvgIpc) is 2.61. The first-order chi connectivity index (χ1) is 11.2. The van der Waals surface area contributed by atoms with E-state index in [1.54, 1.807) is 0 Å². The number of nitrogens with two attached hydrogens (primary N) is 1. The fourth-order valence-electron chi connectivity index (χ4n) is 2.92. The first-order valence-electron chi connectivity index (χ1n) is 8.24. The maximum atomic E-state index is 6.12. The molecule has 134 valence electrons. The van der Waals surface area contributed by atoms with E-state index in [9.17, 15) is 0 Å². The Labute approximate surface area is 160 Å². The molecule has 8 heteroatoms. The van der Waals surface area contributed by atoms with Crippen molar-refractivity contribution in [3.8, 4) is 0 Å². The van der Waals surface area contributed by atoms with Gasteiger partial charge in [0.1, 0.15) is 5.82 Å². The van der Waals surface area contributed by atoms with Crippen molar-refractivity contribution >= 4 is 35.8 Å². The lowest BCUT2D eigenvalue weighted by atomic mass is 10.2. The zero-order valence-corrected chi connectivity index (χ0v) is 16.6. The van der Waals surface area contributed by atoms with Crippen molar-refractivity contribution in [2.75, 3.05) is 64.4 Å². The molecule has 3 heterocycles. The number of rotatable bonds is 3. The maximum absolute atomic E-state index is 6.12. The van der Waals surface area contributed by atoms with Gasteiger partial charge in [-0.25, -0.2) is 9.98 Å². The number of piperazine rings is 1. The highest BCUT2D eigenvalue weighted by atomic mass is 127. The lowest BCUT2D eigenvalue weighted by Crippen LogP contribution is -2.45. The van der Waals surface area contributed by atoms with E-state index >= 15 is 0 Å². The summed E-state index contributed by atoms with van der Waals surface area (Å²) < 4.78 is 5.35. The number of hydrogen-bond acceptors (Lipinski definition) is 5. The van der Waals surface area contributed by atoms with Gasteiger partial charge in [0.05, 0.1) is 19.8 Å². The molecule has 0 spiro atoms. The van der Waals surface area contributed by atoms with Crippen molar-refractivity contribution in [1.82, 2.24) is 14.8 Å². The molecule has 0 amide bonds. The van der Waals surface area contributed by atoms with Crippen molar-refractivity contribution in [3.63, 3.8) is 0 Å². The summed E-state index contributed by atoms with van der Waals surface area (Å²) in [6.45, 7) is 7.77. The monoisotopic (exact) mass is 446 g/mol. The number of nitrogens with zero attached hydrogens (tertiary/aromatic N) is 5. The molecule has 1 aromatic heterocycles. The van der Waals surface area contributed by atoms with Crippen LogP contribution in [0.25, 0.3) is 0 Å².